The number of hydrogen-bond acceptors (Lipinski definition) is 4. The smallest absolute Gasteiger partial charge is 0.193 e. The summed E-state index contributed by atoms with van der Waals surface area (Å²) in [5.74, 6) is 2.68. The number of nitrogens with zero attached hydrogens (tertiary/aromatic N) is 1. The lowest BCUT2D eigenvalue weighted by molar-refractivity contribution is 0.200. The molecular weight excluding hydrogens is 342 g/mol. The van der Waals surface area contributed by atoms with E-state index in [1.165, 1.54) is 12.8 Å². The highest BCUT2D eigenvalue weighted by Gasteiger charge is 2.18. The van der Waals surface area contributed by atoms with Gasteiger partial charge in [-0.15, -0.1) is 0 Å². The third-order valence-corrected chi connectivity index (χ3v) is 4.62. The van der Waals surface area contributed by atoms with Crippen LogP contribution >= 0.6 is 0 Å². The minimum Gasteiger partial charge on any atom is -0.497 e. The van der Waals surface area contributed by atoms with E-state index in [4.69, 9.17) is 19.9 Å². The Bertz CT molecular complexity index is 769. The molecule has 2 aromatic carbocycles. The maximum Gasteiger partial charge on any atom is 0.193 e. The molecule has 1 aliphatic carbocycles. The van der Waals surface area contributed by atoms with Crippen molar-refractivity contribution in [3.8, 4) is 17.2 Å². The molecule has 0 heterocycles. The van der Waals surface area contributed by atoms with Gasteiger partial charge in [0.2, 0.25) is 0 Å². The Morgan fingerprint density at radius 2 is 1.78 bits per heavy atom. The minimum atomic E-state index is 0.277. The van der Waals surface area contributed by atoms with Crippen LogP contribution in [0, 0.1) is 0 Å². The first-order valence-corrected chi connectivity index (χ1v) is 9.22. The number of rotatable bonds is 7. The second-order valence-corrected chi connectivity index (χ2v) is 6.56. The molecule has 0 amide bonds. The van der Waals surface area contributed by atoms with Crippen molar-refractivity contribution in [2.24, 2.45) is 10.7 Å². The van der Waals surface area contributed by atoms with E-state index in [-0.39, 0.29) is 6.10 Å². The van der Waals surface area contributed by atoms with Gasteiger partial charge in [-0.05, 0) is 67.6 Å². The predicted molar refractivity (Wildman–Crippen MR) is 108 cm³/mol. The fraction of sp³-hybridized carbons (Fsp3) is 0.381. The lowest BCUT2D eigenvalue weighted by atomic mass is 10.2. The predicted octanol–water partition coefficient (Wildman–Crippen LogP) is 3.95. The summed E-state index contributed by atoms with van der Waals surface area (Å²) in [7, 11) is 3.29. The van der Waals surface area contributed by atoms with Crippen molar-refractivity contribution in [3.63, 3.8) is 0 Å². The quantitative estimate of drug-likeness (QED) is 0.571. The van der Waals surface area contributed by atoms with Crippen LogP contribution in [0.1, 0.15) is 31.2 Å². The van der Waals surface area contributed by atoms with Gasteiger partial charge in [0.25, 0.3) is 0 Å². The zero-order chi connectivity index (χ0) is 19.1. The van der Waals surface area contributed by atoms with Crippen molar-refractivity contribution < 1.29 is 14.2 Å². The maximum absolute atomic E-state index is 6.13. The topological polar surface area (TPSA) is 78.1 Å². The molecular formula is C21H27N3O3. The minimum absolute atomic E-state index is 0.277. The van der Waals surface area contributed by atoms with Gasteiger partial charge in [-0.3, -0.25) is 0 Å². The van der Waals surface area contributed by atoms with Gasteiger partial charge in [-0.25, -0.2) is 4.99 Å². The van der Waals surface area contributed by atoms with Crippen LogP contribution in [0.3, 0.4) is 0 Å². The average Bonchev–Trinajstić information content (AvgIpc) is 3.20. The van der Waals surface area contributed by atoms with Crippen LogP contribution in [0.4, 0.5) is 5.69 Å². The van der Waals surface area contributed by atoms with Gasteiger partial charge in [-0.2, -0.15) is 0 Å². The lowest BCUT2D eigenvalue weighted by Crippen LogP contribution is -2.22. The standard InChI is InChI=1S/C21H27N3O3/c1-25-17-10-8-16(9-11-17)24-21(22)23-14-15-7-12-19(26-2)20(13-15)27-18-5-3-4-6-18/h7-13,18H,3-6,14H2,1-2H3,(H3,22,23,24). The molecule has 2 aromatic rings. The number of nitrogens with one attached hydrogen (secondary N) is 1. The maximum atomic E-state index is 6.13. The van der Waals surface area contributed by atoms with E-state index in [1.807, 2.05) is 42.5 Å². The average molecular weight is 369 g/mol. The molecule has 6 heteroatoms. The highest BCUT2D eigenvalue weighted by atomic mass is 16.5. The zero-order valence-corrected chi connectivity index (χ0v) is 15.9. The van der Waals surface area contributed by atoms with E-state index in [1.54, 1.807) is 14.2 Å². The fourth-order valence-corrected chi connectivity index (χ4v) is 3.14. The molecule has 1 aliphatic rings. The van der Waals surface area contributed by atoms with E-state index in [0.29, 0.717) is 12.5 Å². The molecule has 1 saturated carbocycles. The van der Waals surface area contributed by atoms with E-state index in [2.05, 4.69) is 10.3 Å². The van der Waals surface area contributed by atoms with Crippen molar-refractivity contribution in [1.82, 2.24) is 0 Å². The van der Waals surface area contributed by atoms with Gasteiger partial charge >= 0.3 is 0 Å². The highest BCUT2D eigenvalue weighted by Crippen LogP contribution is 2.32. The van der Waals surface area contributed by atoms with Gasteiger partial charge in [0, 0.05) is 5.69 Å². The molecule has 0 aromatic heterocycles. The summed E-state index contributed by atoms with van der Waals surface area (Å²) in [6.07, 6.45) is 4.93. The van der Waals surface area contributed by atoms with Gasteiger partial charge in [0.1, 0.15) is 5.75 Å². The molecule has 0 bridgehead atoms. The fourth-order valence-electron chi connectivity index (χ4n) is 3.14. The Hall–Kier alpha value is -2.89. The molecule has 0 atom stereocenters. The van der Waals surface area contributed by atoms with E-state index >= 15 is 0 Å². The second-order valence-electron chi connectivity index (χ2n) is 6.56. The van der Waals surface area contributed by atoms with E-state index in [0.717, 1.165) is 41.3 Å². The number of methoxy groups -OCH3 is 2. The molecule has 0 unspecified atom stereocenters. The number of benzene rings is 2. The van der Waals surface area contributed by atoms with Crippen molar-refractivity contribution in [2.45, 2.75) is 38.3 Å². The van der Waals surface area contributed by atoms with Crippen LogP contribution in [0.25, 0.3) is 0 Å². The molecule has 27 heavy (non-hydrogen) atoms. The second kappa shape index (κ2) is 9.16. The van der Waals surface area contributed by atoms with Gasteiger partial charge in [0.15, 0.2) is 17.5 Å². The Balaban J connectivity index is 1.63. The first kappa shape index (κ1) is 18.9. The number of ether oxygens (including phenoxy) is 3. The summed E-state index contributed by atoms with van der Waals surface area (Å²) < 4.78 is 16.7. The summed E-state index contributed by atoms with van der Waals surface area (Å²) in [4.78, 5) is 4.42. The van der Waals surface area contributed by atoms with Crippen LogP contribution in [-0.4, -0.2) is 26.3 Å². The van der Waals surface area contributed by atoms with Crippen molar-refractivity contribution in [2.75, 3.05) is 19.5 Å². The van der Waals surface area contributed by atoms with Crippen molar-refractivity contribution in [1.29, 1.82) is 0 Å². The monoisotopic (exact) mass is 369 g/mol. The van der Waals surface area contributed by atoms with Gasteiger partial charge < -0.3 is 25.3 Å². The van der Waals surface area contributed by atoms with Crippen molar-refractivity contribution in [3.05, 3.63) is 48.0 Å². The SMILES string of the molecule is COc1ccc(NC(N)=NCc2ccc(OC)c(OC3CCCC3)c2)cc1. The van der Waals surface area contributed by atoms with Crippen LogP contribution in [0.2, 0.25) is 0 Å². The first-order valence-electron chi connectivity index (χ1n) is 9.22. The Morgan fingerprint density at radius 3 is 2.44 bits per heavy atom. The Kier molecular flexibility index (Phi) is 6.41. The van der Waals surface area contributed by atoms with Crippen LogP contribution in [-0.2, 0) is 6.54 Å². The molecule has 0 radical (unpaired) electrons. The normalized spacial score (nSPS) is 14.8. The molecule has 6 nitrogen and oxygen atoms in total. The van der Waals surface area contributed by atoms with E-state index in [9.17, 15) is 0 Å². The summed E-state index contributed by atoms with van der Waals surface area (Å²) in [5, 5.41) is 3.08. The summed E-state index contributed by atoms with van der Waals surface area (Å²) >= 11 is 0. The number of aliphatic imine (C=N–C) groups is 1. The Labute approximate surface area is 160 Å². The third kappa shape index (κ3) is 5.29. The summed E-state index contributed by atoms with van der Waals surface area (Å²) in [6, 6.07) is 13.4. The molecule has 144 valence electrons. The summed E-state index contributed by atoms with van der Waals surface area (Å²) in [6.45, 7) is 0.458. The number of anilines is 1. The molecule has 0 saturated heterocycles. The molecule has 0 spiro atoms. The first-order chi connectivity index (χ1) is 13.2. The lowest BCUT2D eigenvalue weighted by Gasteiger charge is -2.16. The van der Waals surface area contributed by atoms with Gasteiger partial charge in [0.05, 0.1) is 26.9 Å². The van der Waals surface area contributed by atoms with Crippen molar-refractivity contribution >= 4 is 11.6 Å². The van der Waals surface area contributed by atoms with E-state index < -0.39 is 0 Å². The number of hydrogen-bond donors (Lipinski definition) is 2. The molecule has 1 fully saturated rings. The van der Waals surface area contributed by atoms with Crippen LogP contribution in [0.15, 0.2) is 47.5 Å². The third-order valence-electron chi connectivity index (χ3n) is 4.62. The zero-order valence-electron chi connectivity index (χ0n) is 15.9. The highest BCUT2D eigenvalue weighted by molar-refractivity contribution is 5.92. The molecule has 3 N–H and O–H groups in total. The van der Waals surface area contributed by atoms with Crippen LogP contribution < -0.4 is 25.3 Å². The van der Waals surface area contributed by atoms with Gasteiger partial charge in [-0.1, -0.05) is 6.07 Å². The number of nitrogens with two attached hydrogens (primary N) is 1. The van der Waals surface area contributed by atoms with Crippen LogP contribution in [0.5, 0.6) is 17.2 Å². The largest absolute Gasteiger partial charge is 0.497 e. The Morgan fingerprint density at radius 1 is 1.04 bits per heavy atom. The molecule has 0 aliphatic heterocycles. The number of guanidine groups is 1. The summed E-state index contributed by atoms with van der Waals surface area (Å²) in [5.41, 5.74) is 7.88. The molecule has 3 rings (SSSR count).